The van der Waals surface area contributed by atoms with Crippen LogP contribution in [0.5, 0.6) is 11.5 Å². The molecule has 0 fully saturated rings. The van der Waals surface area contributed by atoms with Gasteiger partial charge in [-0.3, -0.25) is 4.79 Å². The maximum atomic E-state index is 12.7. The van der Waals surface area contributed by atoms with Gasteiger partial charge in [0.15, 0.2) is 5.78 Å². The molecule has 4 heteroatoms. The molecule has 4 nitrogen and oxygen atoms in total. The van der Waals surface area contributed by atoms with E-state index in [1.165, 1.54) is 5.56 Å². The highest BCUT2D eigenvalue weighted by atomic mass is 16.5. The summed E-state index contributed by atoms with van der Waals surface area (Å²) < 4.78 is 11.2. The number of benzene rings is 2. The van der Waals surface area contributed by atoms with E-state index >= 15 is 0 Å². The summed E-state index contributed by atoms with van der Waals surface area (Å²) in [4.78, 5) is 15.0. The Morgan fingerprint density at radius 3 is 2.42 bits per heavy atom. The second-order valence-electron chi connectivity index (χ2n) is 6.15. The van der Waals surface area contributed by atoms with E-state index in [1.807, 2.05) is 36.4 Å². The van der Waals surface area contributed by atoms with Crippen molar-refractivity contribution in [2.24, 2.45) is 0 Å². The summed E-state index contributed by atoms with van der Waals surface area (Å²) in [5.41, 5.74) is 1.79. The predicted molar refractivity (Wildman–Crippen MR) is 105 cm³/mol. The predicted octanol–water partition coefficient (Wildman–Crippen LogP) is 4.23. The molecular formula is C22H29NO3. The van der Waals surface area contributed by atoms with Crippen molar-refractivity contribution < 1.29 is 14.3 Å². The number of ketones is 1. The number of likely N-dealkylation sites (N-methyl/N-ethyl adjacent to an activating group) is 1. The minimum absolute atomic E-state index is 0.0920. The van der Waals surface area contributed by atoms with Crippen LogP contribution in [0.15, 0.2) is 48.5 Å². The van der Waals surface area contributed by atoms with Crippen LogP contribution in [0.3, 0.4) is 0 Å². The monoisotopic (exact) mass is 355 g/mol. The summed E-state index contributed by atoms with van der Waals surface area (Å²) in [6.45, 7) is 7.62. The molecule has 140 valence electrons. The molecule has 0 aliphatic heterocycles. The van der Waals surface area contributed by atoms with Gasteiger partial charge in [-0.25, -0.2) is 0 Å². The van der Waals surface area contributed by atoms with Gasteiger partial charge >= 0.3 is 0 Å². The van der Waals surface area contributed by atoms with Crippen molar-refractivity contribution in [1.29, 1.82) is 0 Å². The molecule has 0 unspecified atom stereocenters. The molecule has 0 heterocycles. The second-order valence-corrected chi connectivity index (χ2v) is 6.15. The number of nitrogens with zero attached hydrogens (tertiary/aromatic N) is 1. The molecule has 0 radical (unpaired) electrons. The van der Waals surface area contributed by atoms with E-state index < -0.39 is 0 Å². The average molecular weight is 355 g/mol. The summed E-state index contributed by atoms with van der Waals surface area (Å²) in [6, 6.07) is 15.5. The molecule has 2 rings (SSSR count). The van der Waals surface area contributed by atoms with Gasteiger partial charge in [-0.2, -0.15) is 0 Å². The summed E-state index contributed by atoms with van der Waals surface area (Å²) in [5, 5.41) is 0. The van der Waals surface area contributed by atoms with E-state index in [-0.39, 0.29) is 5.78 Å². The number of rotatable bonds is 11. The van der Waals surface area contributed by atoms with Crippen molar-refractivity contribution >= 4 is 5.78 Å². The number of hydrogen-bond acceptors (Lipinski definition) is 4. The molecule has 0 aliphatic carbocycles. The van der Waals surface area contributed by atoms with Gasteiger partial charge in [-0.15, -0.1) is 0 Å². The van der Waals surface area contributed by atoms with Gasteiger partial charge in [0, 0.05) is 19.0 Å². The summed E-state index contributed by atoms with van der Waals surface area (Å²) in [5.74, 6) is 1.39. The Kier molecular flexibility index (Phi) is 8.16. The minimum atomic E-state index is 0.0920. The topological polar surface area (TPSA) is 38.8 Å². The van der Waals surface area contributed by atoms with Crippen LogP contribution in [0.2, 0.25) is 0 Å². The standard InChI is InChI=1S/C22H29NO3/c1-4-23(5-2)15-16-26-22-17-19(25-3)12-13-20(22)21(24)14-11-18-9-7-6-8-10-18/h6-10,12-13,17H,4-5,11,14-16H2,1-3H3. The van der Waals surface area contributed by atoms with Crippen LogP contribution in [0, 0.1) is 0 Å². The number of carbonyl (C=O) groups excluding carboxylic acids is 1. The molecule has 0 spiro atoms. The Bertz CT molecular complexity index is 681. The summed E-state index contributed by atoms with van der Waals surface area (Å²) >= 11 is 0. The summed E-state index contributed by atoms with van der Waals surface area (Å²) in [6.07, 6.45) is 1.19. The highest BCUT2D eigenvalue weighted by Gasteiger charge is 2.14. The molecule has 0 saturated heterocycles. The first-order valence-electron chi connectivity index (χ1n) is 9.28. The number of aryl methyl sites for hydroxylation is 1. The third kappa shape index (κ3) is 5.88. The first kappa shape index (κ1) is 20.0. The van der Waals surface area contributed by atoms with E-state index in [0.29, 0.717) is 30.1 Å². The van der Waals surface area contributed by atoms with Gasteiger partial charge in [0.1, 0.15) is 18.1 Å². The number of hydrogen-bond donors (Lipinski definition) is 0. The van der Waals surface area contributed by atoms with Crippen molar-refractivity contribution in [2.75, 3.05) is 33.4 Å². The quantitative estimate of drug-likeness (QED) is 0.566. The maximum Gasteiger partial charge on any atom is 0.166 e. The van der Waals surface area contributed by atoms with Crippen molar-refractivity contribution in [2.45, 2.75) is 26.7 Å². The lowest BCUT2D eigenvalue weighted by atomic mass is 10.0. The fourth-order valence-electron chi connectivity index (χ4n) is 2.84. The molecule has 0 amide bonds. The second kappa shape index (κ2) is 10.6. The number of carbonyl (C=O) groups is 1. The number of methoxy groups -OCH3 is 1. The summed E-state index contributed by atoms with van der Waals surface area (Å²) in [7, 11) is 1.62. The van der Waals surface area contributed by atoms with Crippen molar-refractivity contribution in [1.82, 2.24) is 4.90 Å². The van der Waals surface area contributed by atoms with E-state index in [4.69, 9.17) is 9.47 Å². The Morgan fingerprint density at radius 1 is 1.04 bits per heavy atom. The zero-order chi connectivity index (χ0) is 18.8. The zero-order valence-electron chi connectivity index (χ0n) is 16.0. The molecule has 0 saturated carbocycles. The van der Waals surface area contributed by atoms with Gasteiger partial charge in [0.05, 0.1) is 12.7 Å². The van der Waals surface area contributed by atoms with Crippen LogP contribution >= 0.6 is 0 Å². The number of ether oxygens (including phenoxy) is 2. The molecule has 2 aromatic carbocycles. The van der Waals surface area contributed by atoms with E-state index in [2.05, 4.69) is 18.7 Å². The van der Waals surface area contributed by atoms with Crippen LogP contribution < -0.4 is 9.47 Å². The molecule has 0 aromatic heterocycles. The van der Waals surface area contributed by atoms with Gasteiger partial charge in [-0.1, -0.05) is 44.2 Å². The van der Waals surface area contributed by atoms with Gasteiger partial charge < -0.3 is 14.4 Å². The van der Waals surface area contributed by atoms with E-state index in [0.717, 1.165) is 26.1 Å². The fraction of sp³-hybridized carbons (Fsp3) is 0.409. The normalized spacial score (nSPS) is 10.8. The fourth-order valence-corrected chi connectivity index (χ4v) is 2.84. The van der Waals surface area contributed by atoms with Gasteiger partial charge in [0.2, 0.25) is 0 Å². The lowest BCUT2D eigenvalue weighted by Gasteiger charge is -2.19. The van der Waals surface area contributed by atoms with Crippen LogP contribution in [0.4, 0.5) is 0 Å². The van der Waals surface area contributed by atoms with Crippen LogP contribution in [0.25, 0.3) is 0 Å². The maximum absolute atomic E-state index is 12.7. The molecule has 0 N–H and O–H groups in total. The third-order valence-electron chi connectivity index (χ3n) is 4.53. The molecular weight excluding hydrogens is 326 g/mol. The Hall–Kier alpha value is -2.33. The third-order valence-corrected chi connectivity index (χ3v) is 4.53. The Labute approximate surface area is 156 Å². The lowest BCUT2D eigenvalue weighted by molar-refractivity contribution is 0.0978. The van der Waals surface area contributed by atoms with Crippen LogP contribution in [-0.2, 0) is 6.42 Å². The first-order valence-corrected chi connectivity index (χ1v) is 9.28. The zero-order valence-corrected chi connectivity index (χ0v) is 16.0. The highest BCUT2D eigenvalue weighted by Crippen LogP contribution is 2.26. The number of Topliss-reactive ketones (excluding diaryl/α,β-unsaturated/α-hetero) is 1. The van der Waals surface area contributed by atoms with E-state index in [9.17, 15) is 4.79 Å². The Balaban J connectivity index is 2.04. The molecule has 26 heavy (non-hydrogen) atoms. The van der Waals surface area contributed by atoms with Crippen LogP contribution in [-0.4, -0.2) is 44.0 Å². The molecule has 0 atom stereocenters. The van der Waals surface area contributed by atoms with Crippen molar-refractivity contribution in [3.63, 3.8) is 0 Å². The smallest absolute Gasteiger partial charge is 0.166 e. The van der Waals surface area contributed by atoms with E-state index in [1.54, 1.807) is 19.2 Å². The average Bonchev–Trinajstić information content (AvgIpc) is 2.70. The molecule has 0 bridgehead atoms. The Morgan fingerprint density at radius 2 is 1.77 bits per heavy atom. The lowest BCUT2D eigenvalue weighted by Crippen LogP contribution is -2.28. The minimum Gasteiger partial charge on any atom is -0.497 e. The first-order chi connectivity index (χ1) is 12.7. The molecule has 2 aromatic rings. The molecule has 0 aliphatic rings. The largest absolute Gasteiger partial charge is 0.497 e. The SMILES string of the molecule is CCN(CC)CCOc1cc(OC)ccc1C(=O)CCc1ccccc1. The highest BCUT2D eigenvalue weighted by molar-refractivity contribution is 5.99. The van der Waals surface area contributed by atoms with Crippen LogP contribution in [0.1, 0.15) is 36.2 Å². The van der Waals surface area contributed by atoms with Crippen molar-refractivity contribution in [3.8, 4) is 11.5 Å². The van der Waals surface area contributed by atoms with Crippen molar-refractivity contribution in [3.05, 3.63) is 59.7 Å². The van der Waals surface area contributed by atoms with Gasteiger partial charge in [-0.05, 0) is 37.2 Å². The van der Waals surface area contributed by atoms with Gasteiger partial charge in [0.25, 0.3) is 0 Å².